The van der Waals surface area contributed by atoms with Crippen LogP contribution in [-0.4, -0.2) is 38.2 Å². The molecule has 0 bridgehead atoms. The van der Waals surface area contributed by atoms with Crippen molar-refractivity contribution in [1.82, 2.24) is 14.8 Å². The van der Waals surface area contributed by atoms with Crippen LogP contribution in [0.1, 0.15) is 13.3 Å². The quantitative estimate of drug-likeness (QED) is 0.792. The Morgan fingerprint density at radius 2 is 2.29 bits per heavy atom. The van der Waals surface area contributed by atoms with Crippen molar-refractivity contribution in [3.63, 3.8) is 0 Å². The second kappa shape index (κ2) is 7.12. The number of aliphatic carboxylic acids is 1. The molecule has 6 nitrogen and oxygen atoms in total. The Morgan fingerprint density at radius 1 is 1.48 bits per heavy atom. The molecule has 2 aromatic rings. The summed E-state index contributed by atoms with van der Waals surface area (Å²) in [6, 6.07) is 7.57. The van der Waals surface area contributed by atoms with Gasteiger partial charge in [-0.3, -0.25) is 4.79 Å². The topological polar surface area (TPSA) is 77.2 Å². The van der Waals surface area contributed by atoms with Gasteiger partial charge in [0.15, 0.2) is 11.0 Å². The van der Waals surface area contributed by atoms with Crippen molar-refractivity contribution >= 4 is 17.7 Å². The number of hydrogen-bond donors (Lipinski definition) is 1. The van der Waals surface area contributed by atoms with Crippen molar-refractivity contribution in [2.75, 3.05) is 12.4 Å². The van der Waals surface area contributed by atoms with E-state index in [2.05, 4.69) is 17.0 Å². The Hall–Kier alpha value is -2.02. The summed E-state index contributed by atoms with van der Waals surface area (Å²) in [5.41, 5.74) is 0.848. The molecule has 1 aromatic heterocycles. The first kappa shape index (κ1) is 15.4. The SMILES string of the molecule is CCCOc1cccc(-c2nc(SCC(=O)O)n(C)n2)c1. The van der Waals surface area contributed by atoms with Crippen LogP contribution in [0.5, 0.6) is 5.75 Å². The van der Waals surface area contributed by atoms with Crippen molar-refractivity contribution in [3.05, 3.63) is 24.3 Å². The molecular formula is C14H17N3O3S. The first-order valence-corrected chi connectivity index (χ1v) is 7.57. The lowest BCUT2D eigenvalue weighted by atomic mass is 10.2. The van der Waals surface area contributed by atoms with E-state index in [1.165, 1.54) is 0 Å². The van der Waals surface area contributed by atoms with E-state index in [0.29, 0.717) is 17.6 Å². The number of aryl methyl sites for hydroxylation is 1. The van der Waals surface area contributed by atoms with E-state index in [0.717, 1.165) is 29.5 Å². The zero-order valence-corrected chi connectivity index (χ0v) is 12.8. The lowest BCUT2D eigenvalue weighted by molar-refractivity contribution is -0.133. The van der Waals surface area contributed by atoms with Gasteiger partial charge in [0.1, 0.15) is 5.75 Å². The van der Waals surface area contributed by atoms with Crippen LogP contribution in [0.15, 0.2) is 29.4 Å². The molecule has 7 heteroatoms. The minimum Gasteiger partial charge on any atom is -0.494 e. The largest absolute Gasteiger partial charge is 0.494 e. The molecule has 0 unspecified atom stereocenters. The monoisotopic (exact) mass is 307 g/mol. The Labute approximate surface area is 127 Å². The van der Waals surface area contributed by atoms with Gasteiger partial charge in [0.2, 0.25) is 0 Å². The van der Waals surface area contributed by atoms with Gasteiger partial charge in [-0.25, -0.2) is 9.67 Å². The summed E-state index contributed by atoms with van der Waals surface area (Å²) in [4.78, 5) is 15.0. The van der Waals surface area contributed by atoms with Crippen LogP contribution >= 0.6 is 11.8 Å². The summed E-state index contributed by atoms with van der Waals surface area (Å²) < 4.78 is 7.17. The number of carbonyl (C=O) groups is 1. The summed E-state index contributed by atoms with van der Waals surface area (Å²) in [6.07, 6.45) is 0.946. The highest BCUT2D eigenvalue weighted by Crippen LogP contribution is 2.24. The zero-order valence-electron chi connectivity index (χ0n) is 11.9. The number of carboxylic acid groups (broad SMARTS) is 1. The molecule has 112 valence electrons. The highest BCUT2D eigenvalue weighted by atomic mass is 32.2. The van der Waals surface area contributed by atoms with Crippen LogP contribution in [-0.2, 0) is 11.8 Å². The maximum Gasteiger partial charge on any atom is 0.313 e. The Kier molecular flexibility index (Phi) is 5.21. The summed E-state index contributed by atoms with van der Waals surface area (Å²) in [5, 5.41) is 13.6. The lowest BCUT2D eigenvalue weighted by Crippen LogP contribution is -2.00. The summed E-state index contributed by atoms with van der Waals surface area (Å²) in [7, 11) is 1.75. The molecular weight excluding hydrogens is 290 g/mol. The fourth-order valence-corrected chi connectivity index (χ4v) is 2.32. The number of ether oxygens (including phenoxy) is 1. The van der Waals surface area contributed by atoms with E-state index in [1.54, 1.807) is 11.7 Å². The minimum atomic E-state index is -0.875. The first-order valence-electron chi connectivity index (χ1n) is 6.59. The van der Waals surface area contributed by atoms with Gasteiger partial charge in [0.05, 0.1) is 12.4 Å². The highest BCUT2D eigenvalue weighted by Gasteiger charge is 2.11. The molecule has 2 rings (SSSR count). The Bertz CT molecular complexity index is 628. The fraction of sp³-hybridized carbons (Fsp3) is 0.357. The number of benzene rings is 1. The minimum absolute atomic E-state index is 0.0361. The Balaban J connectivity index is 2.18. The molecule has 0 saturated carbocycles. The third kappa shape index (κ3) is 4.22. The predicted molar refractivity (Wildman–Crippen MR) is 80.6 cm³/mol. The van der Waals surface area contributed by atoms with Crippen LogP contribution < -0.4 is 4.74 Å². The summed E-state index contributed by atoms with van der Waals surface area (Å²) >= 11 is 1.15. The molecule has 0 amide bonds. The number of nitrogens with zero attached hydrogens (tertiary/aromatic N) is 3. The number of carboxylic acids is 1. The summed E-state index contributed by atoms with van der Waals surface area (Å²) in [5.74, 6) is 0.430. The van der Waals surface area contributed by atoms with Crippen LogP contribution in [0.25, 0.3) is 11.4 Å². The van der Waals surface area contributed by atoms with E-state index in [1.807, 2.05) is 24.3 Å². The number of rotatable bonds is 7. The van der Waals surface area contributed by atoms with E-state index in [-0.39, 0.29) is 5.75 Å². The molecule has 0 fully saturated rings. The first-order chi connectivity index (χ1) is 10.1. The molecule has 0 saturated heterocycles. The average molecular weight is 307 g/mol. The van der Waals surface area contributed by atoms with Crippen LogP contribution in [0.4, 0.5) is 0 Å². The highest BCUT2D eigenvalue weighted by molar-refractivity contribution is 7.99. The molecule has 1 aromatic carbocycles. The van der Waals surface area contributed by atoms with Gasteiger partial charge in [-0.2, -0.15) is 5.10 Å². The van der Waals surface area contributed by atoms with Crippen molar-refractivity contribution in [1.29, 1.82) is 0 Å². The maximum absolute atomic E-state index is 10.6. The standard InChI is InChI=1S/C14H17N3O3S/c1-3-7-20-11-6-4-5-10(8-11)13-15-14(17(2)16-13)21-9-12(18)19/h4-6,8H,3,7,9H2,1-2H3,(H,18,19). The van der Waals surface area contributed by atoms with Crippen LogP contribution in [0.2, 0.25) is 0 Å². The third-order valence-corrected chi connectivity index (χ3v) is 3.62. The van der Waals surface area contributed by atoms with Crippen molar-refractivity contribution in [2.24, 2.45) is 7.05 Å². The smallest absolute Gasteiger partial charge is 0.313 e. The molecule has 0 spiro atoms. The van der Waals surface area contributed by atoms with E-state index in [9.17, 15) is 4.79 Å². The maximum atomic E-state index is 10.6. The lowest BCUT2D eigenvalue weighted by Gasteiger charge is -2.04. The average Bonchev–Trinajstić information content (AvgIpc) is 2.84. The van der Waals surface area contributed by atoms with Gasteiger partial charge in [-0.15, -0.1) is 0 Å². The van der Waals surface area contributed by atoms with Crippen molar-refractivity contribution in [2.45, 2.75) is 18.5 Å². The van der Waals surface area contributed by atoms with Gasteiger partial charge < -0.3 is 9.84 Å². The fourth-order valence-electron chi connectivity index (χ4n) is 1.69. The molecule has 0 atom stereocenters. The number of thioether (sulfide) groups is 1. The van der Waals surface area contributed by atoms with Gasteiger partial charge in [0, 0.05) is 12.6 Å². The van der Waals surface area contributed by atoms with Crippen LogP contribution in [0, 0.1) is 0 Å². The second-order valence-electron chi connectivity index (χ2n) is 4.40. The van der Waals surface area contributed by atoms with Gasteiger partial charge in [-0.05, 0) is 18.6 Å². The van der Waals surface area contributed by atoms with Gasteiger partial charge in [0.25, 0.3) is 0 Å². The number of aromatic nitrogens is 3. The molecule has 0 radical (unpaired) electrons. The molecule has 1 N–H and O–H groups in total. The second-order valence-corrected chi connectivity index (χ2v) is 5.34. The van der Waals surface area contributed by atoms with Crippen LogP contribution in [0.3, 0.4) is 0 Å². The zero-order chi connectivity index (χ0) is 15.2. The third-order valence-electron chi connectivity index (χ3n) is 2.61. The molecule has 0 aliphatic carbocycles. The van der Waals surface area contributed by atoms with Crippen molar-refractivity contribution in [3.8, 4) is 17.1 Å². The summed E-state index contributed by atoms with van der Waals surface area (Å²) in [6.45, 7) is 2.72. The van der Waals surface area contributed by atoms with E-state index < -0.39 is 5.97 Å². The molecule has 1 heterocycles. The predicted octanol–water partition coefficient (Wildman–Crippen LogP) is 2.45. The van der Waals surface area contributed by atoms with E-state index >= 15 is 0 Å². The van der Waals surface area contributed by atoms with Gasteiger partial charge >= 0.3 is 5.97 Å². The van der Waals surface area contributed by atoms with Crippen molar-refractivity contribution < 1.29 is 14.6 Å². The molecule has 21 heavy (non-hydrogen) atoms. The van der Waals surface area contributed by atoms with Gasteiger partial charge in [-0.1, -0.05) is 30.8 Å². The Morgan fingerprint density at radius 3 is 3.00 bits per heavy atom. The normalized spacial score (nSPS) is 10.6. The number of hydrogen-bond acceptors (Lipinski definition) is 5. The molecule has 0 aliphatic rings. The van der Waals surface area contributed by atoms with E-state index in [4.69, 9.17) is 9.84 Å². The molecule has 0 aliphatic heterocycles.